The minimum Gasteiger partial charge on any atom is -0.508 e. The molecule has 0 saturated carbocycles. The van der Waals surface area contributed by atoms with Crippen molar-refractivity contribution in [3.8, 4) is 5.75 Å². The number of nitrogens with one attached hydrogen (secondary N) is 2. The average Bonchev–Trinajstić information content (AvgIpc) is 2.93. The van der Waals surface area contributed by atoms with Crippen LogP contribution in [0.15, 0.2) is 48.5 Å². The number of carbonyl (C=O) groups is 3. The highest BCUT2D eigenvalue weighted by Crippen LogP contribution is 2.30. The van der Waals surface area contributed by atoms with E-state index < -0.39 is 23.8 Å². The Morgan fingerprint density at radius 2 is 1.65 bits per heavy atom. The van der Waals surface area contributed by atoms with Crippen molar-refractivity contribution in [3.05, 3.63) is 65.2 Å². The van der Waals surface area contributed by atoms with Crippen LogP contribution in [0.5, 0.6) is 5.75 Å². The third kappa shape index (κ3) is 11.9. The van der Waals surface area contributed by atoms with Gasteiger partial charge in [-0.15, -0.1) is 0 Å². The van der Waals surface area contributed by atoms with Gasteiger partial charge in [0.05, 0.1) is 0 Å². The van der Waals surface area contributed by atoms with Crippen molar-refractivity contribution < 1.29 is 24.2 Å². The SMILES string of the molecule is CCCCCNC(=O)C(c1ccc(O)c(C)c1)N(C(=O)C(Cc1ccccc1)NC(=O)OC(C)(C)C)C(C)CCC(C)C. The number of benzene rings is 2. The predicted molar refractivity (Wildman–Crippen MR) is 172 cm³/mol. The third-order valence-corrected chi connectivity index (χ3v) is 7.31. The number of aryl methyl sites for hydroxylation is 1. The molecule has 0 aliphatic carbocycles. The zero-order valence-electron chi connectivity index (χ0n) is 27.4. The van der Waals surface area contributed by atoms with E-state index in [1.54, 1.807) is 50.8 Å². The summed E-state index contributed by atoms with van der Waals surface area (Å²) in [6.45, 7) is 15.9. The van der Waals surface area contributed by atoms with E-state index in [-0.39, 0.29) is 30.0 Å². The Morgan fingerprint density at radius 1 is 0.977 bits per heavy atom. The number of hydrogen-bond acceptors (Lipinski definition) is 5. The van der Waals surface area contributed by atoms with Gasteiger partial charge in [0, 0.05) is 19.0 Å². The molecule has 8 heteroatoms. The summed E-state index contributed by atoms with van der Waals surface area (Å²) < 4.78 is 5.54. The van der Waals surface area contributed by atoms with E-state index in [9.17, 15) is 19.5 Å². The minimum absolute atomic E-state index is 0.116. The van der Waals surface area contributed by atoms with E-state index in [4.69, 9.17) is 4.74 Å². The Balaban J connectivity index is 2.63. The molecule has 2 aromatic carbocycles. The normalized spacial score (nSPS) is 13.6. The smallest absolute Gasteiger partial charge is 0.408 e. The molecule has 3 N–H and O–H groups in total. The summed E-state index contributed by atoms with van der Waals surface area (Å²) in [5.41, 5.74) is 1.33. The molecule has 0 fully saturated rings. The predicted octanol–water partition coefficient (Wildman–Crippen LogP) is 6.84. The first-order chi connectivity index (χ1) is 20.2. The number of nitrogens with zero attached hydrogens (tertiary/aromatic N) is 1. The maximum absolute atomic E-state index is 14.7. The number of phenolic OH excluding ortho intramolecular Hbond substituents is 1. The molecule has 8 nitrogen and oxygen atoms in total. The largest absolute Gasteiger partial charge is 0.508 e. The molecule has 3 unspecified atom stereocenters. The lowest BCUT2D eigenvalue weighted by Gasteiger charge is -2.39. The van der Waals surface area contributed by atoms with E-state index in [1.165, 1.54) is 0 Å². The fraction of sp³-hybridized carbons (Fsp3) is 0.571. The Kier molecular flexibility index (Phi) is 14.0. The molecule has 2 aromatic rings. The summed E-state index contributed by atoms with van der Waals surface area (Å²) in [5.74, 6) is -0.145. The number of aromatic hydroxyl groups is 1. The van der Waals surface area contributed by atoms with Crippen molar-refractivity contribution >= 4 is 17.9 Å². The van der Waals surface area contributed by atoms with E-state index in [0.717, 1.165) is 31.2 Å². The van der Waals surface area contributed by atoms with Crippen molar-refractivity contribution in [2.45, 2.75) is 118 Å². The van der Waals surface area contributed by atoms with Crippen LogP contribution in [0.4, 0.5) is 4.79 Å². The number of amides is 3. The first-order valence-corrected chi connectivity index (χ1v) is 15.7. The molecular weight excluding hydrogens is 542 g/mol. The molecule has 0 radical (unpaired) electrons. The van der Waals surface area contributed by atoms with Crippen molar-refractivity contribution in [3.63, 3.8) is 0 Å². The fourth-order valence-corrected chi connectivity index (χ4v) is 4.96. The molecule has 3 atom stereocenters. The number of hydrogen-bond donors (Lipinski definition) is 3. The average molecular weight is 596 g/mol. The van der Waals surface area contributed by atoms with E-state index in [0.29, 0.717) is 30.0 Å². The van der Waals surface area contributed by atoms with Gasteiger partial charge in [0.2, 0.25) is 11.8 Å². The molecule has 0 heterocycles. The molecule has 0 aliphatic rings. The number of rotatable bonds is 15. The van der Waals surface area contributed by atoms with Crippen molar-refractivity contribution in [1.29, 1.82) is 0 Å². The fourth-order valence-electron chi connectivity index (χ4n) is 4.96. The van der Waals surface area contributed by atoms with Crippen LogP contribution < -0.4 is 10.6 Å². The monoisotopic (exact) mass is 595 g/mol. The summed E-state index contributed by atoms with van der Waals surface area (Å²) in [4.78, 5) is 43.4. The molecule has 0 spiro atoms. The number of ether oxygens (including phenoxy) is 1. The topological polar surface area (TPSA) is 108 Å². The molecule has 0 aromatic heterocycles. The Labute approximate surface area is 258 Å². The number of unbranched alkanes of at least 4 members (excludes halogenated alkanes) is 2. The molecular formula is C35H53N3O5. The Morgan fingerprint density at radius 3 is 2.23 bits per heavy atom. The second kappa shape index (κ2) is 16.9. The van der Waals surface area contributed by atoms with Gasteiger partial charge in [-0.25, -0.2) is 4.79 Å². The Bertz CT molecular complexity index is 1180. The minimum atomic E-state index is -0.979. The highest BCUT2D eigenvalue weighted by Gasteiger charge is 2.39. The van der Waals surface area contributed by atoms with Crippen LogP contribution in [0.2, 0.25) is 0 Å². The number of carbonyl (C=O) groups excluding carboxylic acids is 3. The van der Waals surface area contributed by atoms with E-state index in [2.05, 4.69) is 31.4 Å². The van der Waals surface area contributed by atoms with Crippen LogP contribution in [-0.4, -0.2) is 52.1 Å². The third-order valence-electron chi connectivity index (χ3n) is 7.31. The molecule has 0 saturated heterocycles. The van der Waals surface area contributed by atoms with Gasteiger partial charge in [-0.1, -0.05) is 70.0 Å². The lowest BCUT2D eigenvalue weighted by molar-refractivity contribution is -0.145. The van der Waals surface area contributed by atoms with Crippen molar-refractivity contribution in [1.82, 2.24) is 15.5 Å². The maximum atomic E-state index is 14.7. The summed E-state index contributed by atoms with van der Waals surface area (Å²) in [7, 11) is 0. The molecule has 3 amide bonds. The van der Waals surface area contributed by atoms with Crippen LogP contribution in [0.25, 0.3) is 0 Å². The van der Waals surface area contributed by atoms with Gasteiger partial charge in [-0.05, 0) is 88.6 Å². The zero-order valence-corrected chi connectivity index (χ0v) is 27.4. The molecule has 43 heavy (non-hydrogen) atoms. The van der Waals surface area contributed by atoms with Gasteiger partial charge < -0.3 is 25.4 Å². The number of alkyl carbamates (subject to hydrolysis) is 1. The highest BCUT2D eigenvalue weighted by molar-refractivity contribution is 5.92. The van der Waals surface area contributed by atoms with Gasteiger partial charge >= 0.3 is 6.09 Å². The van der Waals surface area contributed by atoms with Crippen LogP contribution in [0.1, 0.15) is 103 Å². The van der Waals surface area contributed by atoms with E-state index >= 15 is 0 Å². The highest BCUT2D eigenvalue weighted by atomic mass is 16.6. The standard InChI is InChI=1S/C35H53N3O5/c1-9-10-14-21-36-32(40)31(28-19-20-30(39)25(4)22-28)38(26(5)18-17-24(2)3)33(41)29(23-27-15-12-11-13-16-27)37-34(42)43-35(6,7)8/h11-13,15-16,19-20,22,24,26,29,31,39H,9-10,14,17-18,21,23H2,1-8H3,(H,36,40)(H,37,42). The quantitative estimate of drug-likeness (QED) is 0.196. The summed E-state index contributed by atoms with van der Waals surface area (Å²) in [6.07, 6.45) is 3.89. The van der Waals surface area contributed by atoms with Gasteiger partial charge in [0.15, 0.2) is 0 Å². The van der Waals surface area contributed by atoms with Gasteiger partial charge in [-0.2, -0.15) is 0 Å². The first-order valence-electron chi connectivity index (χ1n) is 15.7. The first kappa shape index (κ1) is 35.6. The van der Waals surface area contributed by atoms with E-state index in [1.807, 2.05) is 37.3 Å². The Hall–Kier alpha value is -3.55. The lowest BCUT2D eigenvalue weighted by Crippen LogP contribution is -2.56. The molecule has 238 valence electrons. The van der Waals surface area contributed by atoms with Crippen LogP contribution in [0, 0.1) is 12.8 Å². The van der Waals surface area contributed by atoms with Crippen LogP contribution in [0.3, 0.4) is 0 Å². The zero-order chi connectivity index (χ0) is 32.2. The molecule has 0 aliphatic heterocycles. The van der Waals surface area contributed by atoms with Gasteiger partial charge in [0.25, 0.3) is 0 Å². The van der Waals surface area contributed by atoms with Crippen LogP contribution >= 0.6 is 0 Å². The summed E-state index contributed by atoms with van der Waals surface area (Å²) >= 11 is 0. The summed E-state index contributed by atoms with van der Waals surface area (Å²) in [6, 6.07) is 12.2. The molecule has 2 rings (SSSR count). The maximum Gasteiger partial charge on any atom is 0.408 e. The second-order valence-corrected chi connectivity index (χ2v) is 12.9. The van der Waals surface area contributed by atoms with Crippen LogP contribution in [-0.2, 0) is 20.7 Å². The lowest BCUT2D eigenvalue weighted by atomic mass is 9.95. The van der Waals surface area contributed by atoms with Gasteiger partial charge in [0.1, 0.15) is 23.4 Å². The summed E-state index contributed by atoms with van der Waals surface area (Å²) in [5, 5.41) is 16.2. The second-order valence-electron chi connectivity index (χ2n) is 12.9. The molecule has 0 bridgehead atoms. The number of phenols is 1. The van der Waals surface area contributed by atoms with Crippen molar-refractivity contribution in [2.24, 2.45) is 5.92 Å². The van der Waals surface area contributed by atoms with Gasteiger partial charge in [-0.3, -0.25) is 9.59 Å². The van der Waals surface area contributed by atoms with Crippen molar-refractivity contribution in [2.75, 3.05) is 6.54 Å².